The molecule has 0 saturated heterocycles. The van der Waals surface area contributed by atoms with E-state index in [1.165, 1.54) is 12.8 Å². The molecule has 0 aliphatic carbocycles. The van der Waals surface area contributed by atoms with Crippen LogP contribution >= 0.6 is 0 Å². The number of hydrogen-bond donors (Lipinski definition) is 0. The van der Waals surface area contributed by atoms with Crippen LogP contribution in [0.2, 0.25) is 0 Å². The first-order valence-electron chi connectivity index (χ1n) is 10.6. The van der Waals surface area contributed by atoms with E-state index in [0.29, 0.717) is 5.58 Å². The number of aryl methyl sites for hydroxylation is 3. The van der Waals surface area contributed by atoms with E-state index in [1.807, 2.05) is 32.0 Å². The molecule has 0 bridgehead atoms. The summed E-state index contributed by atoms with van der Waals surface area (Å²) in [4.78, 5) is 12.7. The van der Waals surface area contributed by atoms with Gasteiger partial charge in [-0.05, 0) is 50.8 Å². The summed E-state index contributed by atoms with van der Waals surface area (Å²) in [5, 5.41) is 2.09. The van der Waals surface area contributed by atoms with Crippen molar-refractivity contribution in [2.45, 2.75) is 59.8 Å². The number of hydrogen-bond acceptors (Lipinski definition) is 3. The van der Waals surface area contributed by atoms with Crippen LogP contribution in [0.5, 0.6) is 0 Å². The van der Waals surface area contributed by atoms with Crippen molar-refractivity contribution in [1.82, 2.24) is 0 Å². The molecule has 0 aliphatic heterocycles. The maximum Gasteiger partial charge on any atom is 0.339 e. The zero-order valence-corrected chi connectivity index (χ0v) is 17.7. The Morgan fingerprint density at radius 2 is 1.55 bits per heavy atom. The molecule has 0 N–H and O–H groups in total. The minimum atomic E-state index is -0.208. The third kappa shape index (κ3) is 3.39. The van der Waals surface area contributed by atoms with Gasteiger partial charge >= 0.3 is 5.63 Å². The van der Waals surface area contributed by atoms with Gasteiger partial charge in [-0.1, -0.05) is 56.5 Å². The van der Waals surface area contributed by atoms with Crippen LogP contribution < -0.4 is 5.63 Å². The highest BCUT2D eigenvalue weighted by molar-refractivity contribution is 6.05. The average Bonchev–Trinajstić information content (AvgIpc) is 3.05. The molecule has 0 atom stereocenters. The van der Waals surface area contributed by atoms with Crippen LogP contribution in [0.25, 0.3) is 33.1 Å². The first-order chi connectivity index (χ1) is 14.0. The summed E-state index contributed by atoms with van der Waals surface area (Å²) in [5.74, 6) is 0.879. The maximum absolute atomic E-state index is 12.7. The molecule has 4 aromatic rings. The molecule has 0 spiro atoms. The zero-order valence-electron chi connectivity index (χ0n) is 17.7. The third-order valence-corrected chi connectivity index (χ3v) is 5.98. The summed E-state index contributed by atoms with van der Waals surface area (Å²) in [6.45, 7) is 8.22. The quantitative estimate of drug-likeness (QED) is 0.258. The SMILES string of the molecule is CCCCCCc1c(C)c2cc3c(-c4ccccc4)c(C)oc3c(C)c2oc1=O. The molecule has 3 heteroatoms. The minimum Gasteiger partial charge on any atom is -0.460 e. The number of rotatable bonds is 6. The van der Waals surface area contributed by atoms with Gasteiger partial charge in [0.25, 0.3) is 0 Å². The smallest absolute Gasteiger partial charge is 0.339 e. The molecular formula is C26H28O3. The molecule has 0 unspecified atom stereocenters. The lowest BCUT2D eigenvalue weighted by atomic mass is 9.95. The Balaban J connectivity index is 1.93. The monoisotopic (exact) mass is 388 g/mol. The summed E-state index contributed by atoms with van der Waals surface area (Å²) in [5.41, 5.74) is 6.22. The molecule has 0 saturated carbocycles. The predicted molar refractivity (Wildman–Crippen MR) is 120 cm³/mol. The van der Waals surface area contributed by atoms with Crippen molar-refractivity contribution >= 4 is 21.9 Å². The van der Waals surface area contributed by atoms with Crippen LogP contribution in [-0.4, -0.2) is 0 Å². The molecular weight excluding hydrogens is 360 g/mol. The van der Waals surface area contributed by atoms with Gasteiger partial charge in [0.05, 0.1) is 0 Å². The summed E-state index contributed by atoms with van der Waals surface area (Å²) in [6.07, 6.45) is 5.32. The van der Waals surface area contributed by atoms with E-state index in [2.05, 4.69) is 32.0 Å². The second-order valence-corrected chi connectivity index (χ2v) is 7.96. The first kappa shape index (κ1) is 19.5. The second kappa shape index (κ2) is 7.90. The van der Waals surface area contributed by atoms with Crippen LogP contribution in [0.4, 0.5) is 0 Å². The van der Waals surface area contributed by atoms with Crippen molar-refractivity contribution < 1.29 is 8.83 Å². The molecule has 2 heterocycles. The lowest BCUT2D eigenvalue weighted by Gasteiger charge is -2.10. The lowest BCUT2D eigenvalue weighted by molar-refractivity contribution is 0.537. The zero-order chi connectivity index (χ0) is 20.5. The first-order valence-corrected chi connectivity index (χ1v) is 10.6. The van der Waals surface area contributed by atoms with Crippen LogP contribution in [-0.2, 0) is 6.42 Å². The summed E-state index contributed by atoms with van der Waals surface area (Å²) >= 11 is 0. The molecule has 150 valence electrons. The number of fused-ring (bicyclic) bond motifs is 2. The van der Waals surface area contributed by atoms with Crippen molar-refractivity contribution in [2.24, 2.45) is 0 Å². The van der Waals surface area contributed by atoms with Crippen molar-refractivity contribution in [3.05, 3.63) is 69.3 Å². The molecule has 4 rings (SSSR count). The summed E-state index contributed by atoms with van der Waals surface area (Å²) < 4.78 is 11.9. The van der Waals surface area contributed by atoms with Gasteiger partial charge in [-0.2, -0.15) is 0 Å². The van der Waals surface area contributed by atoms with Gasteiger partial charge in [0.1, 0.15) is 16.9 Å². The Labute approximate surface area is 171 Å². The Hall–Kier alpha value is -2.81. The standard InChI is InChI=1S/C26H28O3/c1-5-6-7-11-14-20-16(2)21-15-22-23(19-12-9-8-10-13-19)18(4)28-25(22)17(3)24(21)29-26(20)27/h8-10,12-13,15H,5-7,11,14H2,1-4H3. The van der Waals surface area contributed by atoms with E-state index >= 15 is 0 Å². The highest BCUT2D eigenvalue weighted by Crippen LogP contribution is 2.39. The van der Waals surface area contributed by atoms with Gasteiger partial charge in [-0.25, -0.2) is 4.79 Å². The topological polar surface area (TPSA) is 43.4 Å². The Morgan fingerprint density at radius 3 is 2.28 bits per heavy atom. The average molecular weight is 389 g/mol. The van der Waals surface area contributed by atoms with E-state index in [-0.39, 0.29) is 5.63 Å². The largest absolute Gasteiger partial charge is 0.460 e. The minimum absolute atomic E-state index is 0.208. The van der Waals surface area contributed by atoms with Gasteiger partial charge in [0.2, 0.25) is 0 Å². The Morgan fingerprint density at radius 1 is 0.828 bits per heavy atom. The Kier molecular flexibility index (Phi) is 5.31. The highest BCUT2D eigenvalue weighted by atomic mass is 16.4. The number of benzene rings is 2. The van der Waals surface area contributed by atoms with Crippen molar-refractivity contribution in [3.8, 4) is 11.1 Å². The fourth-order valence-corrected chi connectivity index (χ4v) is 4.36. The van der Waals surface area contributed by atoms with Gasteiger partial charge in [-0.3, -0.25) is 0 Å². The fourth-order valence-electron chi connectivity index (χ4n) is 4.36. The lowest BCUT2D eigenvalue weighted by Crippen LogP contribution is -2.10. The van der Waals surface area contributed by atoms with E-state index in [1.54, 1.807) is 0 Å². The molecule has 0 radical (unpaired) electrons. The molecule has 2 aromatic heterocycles. The normalized spacial score (nSPS) is 11.6. The number of furan rings is 1. The molecule has 0 aliphatic rings. The van der Waals surface area contributed by atoms with Crippen molar-refractivity contribution in [1.29, 1.82) is 0 Å². The van der Waals surface area contributed by atoms with Gasteiger partial charge in [0, 0.05) is 27.5 Å². The predicted octanol–water partition coefficient (Wildman–Crippen LogP) is 7.25. The van der Waals surface area contributed by atoms with E-state index in [9.17, 15) is 4.79 Å². The van der Waals surface area contributed by atoms with Crippen LogP contribution in [0, 0.1) is 20.8 Å². The molecule has 2 aromatic carbocycles. The summed E-state index contributed by atoms with van der Waals surface area (Å²) in [6, 6.07) is 12.5. The van der Waals surface area contributed by atoms with Gasteiger partial charge in [-0.15, -0.1) is 0 Å². The van der Waals surface area contributed by atoms with Crippen LogP contribution in [0.3, 0.4) is 0 Å². The molecule has 0 fully saturated rings. The maximum atomic E-state index is 12.7. The van der Waals surface area contributed by atoms with E-state index < -0.39 is 0 Å². The van der Waals surface area contributed by atoms with Crippen LogP contribution in [0.15, 0.2) is 50.0 Å². The Bertz CT molecular complexity index is 1230. The summed E-state index contributed by atoms with van der Waals surface area (Å²) in [7, 11) is 0. The fraction of sp³-hybridized carbons (Fsp3) is 0.346. The van der Waals surface area contributed by atoms with E-state index in [0.717, 1.165) is 69.2 Å². The van der Waals surface area contributed by atoms with E-state index in [4.69, 9.17) is 8.83 Å². The molecule has 3 nitrogen and oxygen atoms in total. The highest BCUT2D eigenvalue weighted by Gasteiger charge is 2.20. The van der Waals surface area contributed by atoms with Gasteiger partial charge < -0.3 is 8.83 Å². The van der Waals surface area contributed by atoms with Crippen LogP contribution in [0.1, 0.15) is 55.1 Å². The van der Waals surface area contributed by atoms with Crippen molar-refractivity contribution in [3.63, 3.8) is 0 Å². The molecule has 0 amide bonds. The molecule has 29 heavy (non-hydrogen) atoms. The van der Waals surface area contributed by atoms with Crippen molar-refractivity contribution in [2.75, 3.05) is 0 Å². The number of unbranched alkanes of at least 4 members (excludes halogenated alkanes) is 3. The van der Waals surface area contributed by atoms with Gasteiger partial charge in [0.15, 0.2) is 0 Å². The third-order valence-electron chi connectivity index (χ3n) is 5.98. The second-order valence-electron chi connectivity index (χ2n) is 7.96.